The number of benzene rings is 1. The molecule has 18 heavy (non-hydrogen) atoms. The molecule has 0 saturated carbocycles. The molecular weight excluding hydrogens is 271 g/mol. The van der Waals surface area contributed by atoms with Crippen LogP contribution < -0.4 is 5.32 Å². The summed E-state index contributed by atoms with van der Waals surface area (Å²) in [5.74, 6) is -0.146. The van der Waals surface area contributed by atoms with E-state index in [4.69, 9.17) is 23.2 Å². The van der Waals surface area contributed by atoms with Crippen molar-refractivity contribution in [2.45, 2.75) is 6.42 Å². The van der Waals surface area contributed by atoms with E-state index in [1.165, 1.54) is 6.20 Å². The lowest BCUT2D eigenvalue weighted by Crippen LogP contribution is -2.14. The van der Waals surface area contributed by atoms with Crippen molar-refractivity contribution in [3.05, 3.63) is 58.3 Å². The topological polar surface area (TPSA) is 42.0 Å². The van der Waals surface area contributed by atoms with E-state index in [9.17, 15) is 4.79 Å². The summed E-state index contributed by atoms with van der Waals surface area (Å²) in [6.07, 6.45) is 1.73. The molecule has 5 heteroatoms. The van der Waals surface area contributed by atoms with Gasteiger partial charge in [-0.15, -0.1) is 0 Å². The summed E-state index contributed by atoms with van der Waals surface area (Å²) < 4.78 is 0. The van der Waals surface area contributed by atoms with Crippen LogP contribution in [0.3, 0.4) is 0 Å². The Bertz CT molecular complexity index is 555. The van der Waals surface area contributed by atoms with Gasteiger partial charge in [-0.3, -0.25) is 4.79 Å². The van der Waals surface area contributed by atoms with E-state index in [-0.39, 0.29) is 12.3 Å². The fourth-order valence-corrected chi connectivity index (χ4v) is 1.78. The molecule has 0 saturated heterocycles. The molecule has 0 bridgehead atoms. The van der Waals surface area contributed by atoms with Gasteiger partial charge in [-0.25, -0.2) is 4.98 Å². The lowest BCUT2D eigenvalue weighted by Gasteiger charge is -2.06. The number of hydrogen-bond donors (Lipinski definition) is 1. The van der Waals surface area contributed by atoms with Crippen LogP contribution in [0.2, 0.25) is 10.2 Å². The van der Waals surface area contributed by atoms with Crippen molar-refractivity contribution in [3.63, 3.8) is 0 Å². The number of amides is 1. The third-order valence-corrected chi connectivity index (χ3v) is 2.91. The second kappa shape index (κ2) is 5.85. The Labute approximate surface area is 115 Å². The first-order valence-corrected chi connectivity index (χ1v) is 6.05. The van der Waals surface area contributed by atoms with Crippen molar-refractivity contribution in [2.75, 3.05) is 5.32 Å². The standard InChI is InChI=1S/C13H10Cl2N2O/c14-11-4-2-1-3-9(11)7-13(18)17-10-5-6-12(15)16-8-10/h1-6,8H,7H2,(H,17,18). The van der Waals surface area contributed by atoms with Gasteiger partial charge in [-0.1, -0.05) is 41.4 Å². The van der Waals surface area contributed by atoms with E-state index in [1.54, 1.807) is 18.2 Å². The molecule has 0 aliphatic carbocycles. The maximum absolute atomic E-state index is 11.8. The summed E-state index contributed by atoms with van der Waals surface area (Å²) in [5.41, 5.74) is 1.40. The fraction of sp³-hybridized carbons (Fsp3) is 0.0769. The highest BCUT2D eigenvalue weighted by molar-refractivity contribution is 6.31. The highest BCUT2D eigenvalue weighted by Gasteiger charge is 2.07. The van der Waals surface area contributed by atoms with Crippen LogP contribution >= 0.6 is 23.2 Å². The Morgan fingerprint density at radius 2 is 1.94 bits per heavy atom. The van der Waals surface area contributed by atoms with E-state index in [0.29, 0.717) is 15.9 Å². The highest BCUT2D eigenvalue weighted by Crippen LogP contribution is 2.16. The third kappa shape index (κ3) is 3.45. The number of aromatic nitrogens is 1. The molecule has 1 aromatic heterocycles. The van der Waals surface area contributed by atoms with Crippen molar-refractivity contribution in [3.8, 4) is 0 Å². The molecule has 0 atom stereocenters. The van der Waals surface area contributed by atoms with Crippen LogP contribution in [0, 0.1) is 0 Å². The van der Waals surface area contributed by atoms with Crippen molar-refractivity contribution in [1.82, 2.24) is 4.98 Å². The van der Waals surface area contributed by atoms with E-state index in [0.717, 1.165) is 5.56 Å². The minimum Gasteiger partial charge on any atom is -0.324 e. The summed E-state index contributed by atoms with van der Waals surface area (Å²) in [7, 11) is 0. The lowest BCUT2D eigenvalue weighted by molar-refractivity contribution is -0.115. The van der Waals surface area contributed by atoms with Crippen molar-refractivity contribution in [1.29, 1.82) is 0 Å². The van der Waals surface area contributed by atoms with Gasteiger partial charge >= 0.3 is 0 Å². The average molecular weight is 281 g/mol. The number of nitrogens with one attached hydrogen (secondary N) is 1. The minimum atomic E-state index is -0.146. The zero-order chi connectivity index (χ0) is 13.0. The zero-order valence-electron chi connectivity index (χ0n) is 9.36. The Kier molecular flexibility index (Phi) is 4.18. The van der Waals surface area contributed by atoms with Crippen LogP contribution in [0.5, 0.6) is 0 Å². The van der Waals surface area contributed by atoms with Crippen LogP contribution in [0.4, 0.5) is 5.69 Å². The number of carbonyl (C=O) groups excluding carboxylic acids is 1. The molecule has 92 valence electrons. The largest absolute Gasteiger partial charge is 0.324 e. The number of carbonyl (C=O) groups is 1. The van der Waals surface area contributed by atoms with Crippen LogP contribution in [-0.4, -0.2) is 10.9 Å². The number of anilines is 1. The van der Waals surface area contributed by atoms with Crippen molar-refractivity contribution >= 4 is 34.8 Å². The van der Waals surface area contributed by atoms with Crippen LogP contribution in [0.15, 0.2) is 42.6 Å². The molecule has 0 aliphatic rings. The second-order valence-electron chi connectivity index (χ2n) is 3.69. The predicted molar refractivity (Wildman–Crippen MR) is 73.0 cm³/mol. The highest BCUT2D eigenvalue weighted by atomic mass is 35.5. The van der Waals surface area contributed by atoms with E-state index >= 15 is 0 Å². The molecule has 0 aliphatic heterocycles. The van der Waals surface area contributed by atoms with Crippen LogP contribution in [0.1, 0.15) is 5.56 Å². The molecular formula is C13H10Cl2N2O. The van der Waals surface area contributed by atoms with Crippen molar-refractivity contribution in [2.24, 2.45) is 0 Å². The molecule has 3 nitrogen and oxygen atoms in total. The molecule has 0 spiro atoms. The molecule has 0 unspecified atom stereocenters. The Balaban J connectivity index is 2.01. The maximum Gasteiger partial charge on any atom is 0.228 e. The summed E-state index contributed by atoms with van der Waals surface area (Å²) in [6.45, 7) is 0. The van der Waals surface area contributed by atoms with Gasteiger partial charge in [0.25, 0.3) is 0 Å². The Hall–Kier alpha value is -1.58. The molecule has 0 fully saturated rings. The van der Waals surface area contributed by atoms with Gasteiger partial charge in [-0.05, 0) is 23.8 Å². The summed E-state index contributed by atoms with van der Waals surface area (Å²) in [5, 5.41) is 3.70. The molecule has 1 aromatic carbocycles. The van der Waals surface area contributed by atoms with Gasteiger partial charge in [-0.2, -0.15) is 0 Å². The number of pyridine rings is 1. The Morgan fingerprint density at radius 3 is 2.61 bits per heavy atom. The predicted octanol–water partition coefficient (Wildman–Crippen LogP) is 3.57. The molecule has 1 amide bonds. The van der Waals surface area contributed by atoms with Gasteiger partial charge in [0.1, 0.15) is 5.15 Å². The van der Waals surface area contributed by atoms with Gasteiger partial charge in [0.2, 0.25) is 5.91 Å². The maximum atomic E-state index is 11.8. The number of hydrogen-bond acceptors (Lipinski definition) is 2. The summed E-state index contributed by atoms with van der Waals surface area (Å²) >= 11 is 11.6. The van der Waals surface area contributed by atoms with Gasteiger partial charge in [0, 0.05) is 5.02 Å². The fourth-order valence-electron chi connectivity index (χ4n) is 1.47. The van der Waals surface area contributed by atoms with Crippen molar-refractivity contribution < 1.29 is 4.79 Å². The minimum absolute atomic E-state index is 0.146. The van der Waals surface area contributed by atoms with E-state index < -0.39 is 0 Å². The first-order valence-electron chi connectivity index (χ1n) is 5.30. The van der Waals surface area contributed by atoms with Crippen LogP contribution in [0.25, 0.3) is 0 Å². The molecule has 0 radical (unpaired) electrons. The van der Waals surface area contributed by atoms with Gasteiger partial charge in [0.05, 0.1) is 18.3 Å². The van der Waals surface area contributed by atoms with E-state index in [1.807, 2.05) is 18.2 Å². The summed E-state index contributed by atoms with van der Waals surface area (Å²) in [4.78, 5) is 15.7. The molecule has 2 rings (SSSR count). The monoisotopic (exact) mass is 280 g/mol. The van der Waals surface area contributed by atoms with Crippen LogP contribution in [-0.2, 0) is 11.2 Å². The first kappa shape index (κ1) is 12.9. The number of nitrogens with zero attached hydrogens (tertiary/aromatic N) is 1. The Morgan fingerprint density at radius 1 is 1.17 bits per heavy atom. The summed E-state index contributed by atoms with van der Waals surface area (Å²) in [6, 6.07) is 10.6. The van der Waals surface area contributed by atoms with E-state index in [2.05, 4.69) is 10.3 Å². The zero-order valence-corrected chi connectivity index (χ0v) is 10.9. The smallest absolute Gasteiger partial charge is 0.228 e. The average Bonchev–Trinajstić information content (AvgIpc) is 2.35. The molecule has 1 heterocycles. The molecule has 2 aromatic rings. The lowest BCUT2D eigenvalue weighted by atomic mass is 10.1. The first-order chi connectivity index (χ1) is 8.65. The number of halogens is 2. The SMILES string of the molecule is O=C(Cc1ccccc1Cl)Nc1ccc(Cl)nc1. The number of rotatable bonds is 3. The molecule has 1 N–H and O–H groups in total. The van der Waals surface area contributed by atoms with Gasteiger partial charge < -0.3 is 5.32 Å². The quantitative estimate of drug-likeness (QED) is 0.874. The second-order valence-corrected chi connectivity index (χ2v) is 4.48. The van der Waals surface area contributed by atoms with Gasteiger partial charge in [0.15, 0.2) is 0 Å². The third-order valence-electron chi connectivity index (χ3n) is 2.32. The normalized spacial score (nSPS) is 10.1.